The Morgan fingerprint density at radius 2 is 2.03 bits per heavy atom. The molecule has 1 N–H and O–H groups in total. The fourth-order valence-corrected chi connectivity index (χ4v) is 5.04. The Morgan fingerprint density at radius 3 is 2.74 bits per heavy atom. The molecule has 0 saturated carbocycles. The molecule has 0 radical (unpaired) electrons. The number of carbonyl (C=O) groups excluding carboxylic acids is 1. The van der Waals surface area contributed by atoms with Crippen molar-refractivity contribution in [2.75, 3.05) is 13.7 Å². The topological polar surface area (TPSA) is 51.2 Å². The predicted molar refractivity (Wildman–Crippen MR) is 127 cm³/mol. The van der Waals surface area contributed by atoms with Gasteiger partial charge >= 0.3 is 5.97 Å². The SMILES string of the molecule is COC(=O)c1cc(SNCCCc2nc(-c3ccc(F)c(Cl)c3)sc2C)cc(C)c1C. The molecule has 0 atom stereocenters. The molecule has 0 bridgehead atoms. The lowest BCUT2D eigenvalue weighted by Crippen LogP contribution is -2.09. The lowest BCUT2D eigenvalue weighted by atomic mass is 10.0. The summed E-state index contributed by atoms with van der Waals surface area (Å²) in [5.74, 6) is -0.745. The van der Waals surface area contributed by atoms with Crippen LogP contribution in [0.4, 0.5) is 4.39 Å². The number of esters is 1. The number of methoxy groups -OCH3 is 1. The number of halogens is 2. The summed E-state index contributed by atoms with van der Waals surface area (Å²) >= 11 is 8.99. The van der Waals surface area contributed by atoms with E-state index in [4.69, 9.17) is 21.3 Å². The fraction of sp³-hybridized carbons (Fsp3) is 0.304. The quantitative estimate of drug-likeness (QED) is 0.226. The summed E-state index contributed by atoms with van der Waals surface area (Å²) in [6, 6.07) is 8.60. The lowest BCUT2D eigenvalue weighted by Gasteiger charge is -2.11. The minimum Gasteiger partial charge on any atom is -0.465 e. The standard InChI is InChI=1S/C23H24ClFN2O2S2/c1-13-10-17(12-18(14(13)2)23(28)29-4)31-26-9-5-6-21-15(3)30-22(27-21)16-7-8-20(25)19(24)11-16/h7-8,10-12,26H,5-6,9H2,1-4H3. The van der Waals surface area contributed by atoms with Crippen LogP contribution in [0.2, 0.25) is 5.02 Å². The Balaban J connectivity index is 1.55. The van der Waals surface area contributed by atoms with Crippen molar-refractivity contribution in [3.05, 3.63) is 68.4 Å². The van der Waals surface area contributed by atoms with E-state index in [-0.39, 0.29) is 11.0 Å². The van der Waals surface area contributed by atoms with Crippen LogP contribution in [0.5, 0.6) is 0 Å². The molecule has 31 heavy (non-hydrogen) atoms. The van der Waals surface area contributed by atoms with Crippen molar-refractivity contribution in [3.8, 4) is 10.6 Å². The van der Waals surface area contributed by atoms with Gasteiger partial charge in [-0.15, -0.1) is 11.3 Å². The molecular weight excluding hydrogens is 455 g/mol. The van der Waals surface area contributed by atoms with Crippen LogP contribution in [0.3, 0.4) is 0 Å². The molecule has 1 heterocycles. The number of carbonyl (C=O) groups is 1. The van der Waals surface area contributed by atoms with Gasteiger partial charge in [0.25, 0.3) is 0 Å². The molecule has 0 aliphatic carbocycles. The highest BCUT2D eigenvalue weighted by Crippen LogP contribution is 2.31. The molecule has 0 aliphatic rings. The zero-order valence-corrected chi connectivity index (χ0v) is 20.2. The third-order valence-electron chi connectivity index (χ3n) is 4.99. The van der Waals surface area contributed by atoms with Crippen LogP contribution in [0.25, 0.3) is 10.6 Å². The number of ether oxygens (including phenoxy) is 1. The van der Waals surface area contributed by atoms with Crippen LogP contribution in [0.1, 0.15) is 38.5 Å². The largest absolute Gasteiger partial charge is 0.465 e. The number of benzene rings is 2. The number of rotatable bonds is 8. The molecule has 164 valence electrons. The van der Waals surface area contributed by atoms with Crippen LogP contribution in [0.15, 0.2) is 35.2 Å². The monoisotopic (exact) mass is 478 g/mol. The number of aryl methyl sites for hydroxylation is 3. The van der Waals surface area contributed by atoms with E-state index in [9.17, 15) is 9.18 Å². The van der Waals surface area contributed by atoms with Crippen LogP contribution in [0, 0.1) is 26.6 Å². The first-order chi connectivity index (χ1) is 14.8. The molecule has 0 unspecified atom stereocenters. The van der Waals surface area contributed by atoms with Crippen molar-refractivity contribution in [2.45, 2.75) is 38.5 Å². The third-order valence-corrected chi connectivity index (χ3v) is 7.16. The maximum absolute atomic E-state index is 13.4. The molecule has 0 spiro atoms. The third kappa shape index (κ3) is 5.86. The molecule has 0 fully saturated rings. The van der Waals surface area contributed by atoms with Gasteiger partial charge in [0.15, 0.2) is 0 Å². The Morgan fingerprint density at radius 1 is 1.26 bits per heavy atom. The average Bonchev–Trinajstić information content (AvgIpc) is 3.12. The van der Waals surface area contributed by atoms with E-state index in [2.05, 4.69) is 10.8 Å². The average molecular weight is 479 g/mol. The minimum atomic E-state index is -0.426. The molecule has 3 aromatic rings. The number of hydrogen-bond donors (Lipinski definition) is 1. The number of nitrogens with zero attached hydrogens (tertiary/aromatic N) is 1. The van der Waals surface area contributed by atoms with Crippen molar-refractivity contribution in [1.29, 1.82) is 0 Å². The summed E-state index contributed by atoms with van der Waals surface area (Å²) in [5, 5.41) is 0.956. The summed E-state index contributed by atoms with van der Waals surface area (Å²) in [6.45, 7) is 6.75. The highest BCUT2D eigenvalue weighted by molar-refractivity contribution is 7.97. The van der Waals surface area contributed by atoms with E-state index >= 15 is 0 Å². The molecule has 1 aromatic heterocycles. The van der Waals surface area contributed by atoms with Gasteiger partial charge in [-0.25, -0.2) is 14.2 Å². The highest BCUT2D eigenvalue weighted by atomic mass is 35.5. The second-order valence-corrected chi connectivity index (χ2v) is 9.73. The summed E-state index contributed by atoms with van der Waals surface area (Å²) in [6.07, 6.45) is 1.75. The normalized spacial score (nSPS) is 11.0. The van der Waals surface area contributed by atoms with Gasteiger partial charge < -0.3 is 4.74 Å². The highest BCUT2D eigenvalue weighted by Gasteiger charge is 2.13. The van der Waals surface area contributed by atoms with Crippen LogP contribution < -0.4 is 4.72 Å². The first kappa shape index (κ1) is 23.7. The Labute approximate surface area is 195 Å². The zero-order chi connectivity index (χ0) is 22.5. The van der Waals surface area contributed by atoms with Crippen LogP contribution in [-0.4, -0.2) is 24.6 Å². The second-order valence-electron chi connectivity index (χ2n) is 7.16. The summed E-state index contributed by atoms with van der Waals surface area (Å²) < 4.78 is 21.6. The van der Waals surface area contributed by atoms with Gasteiger partial charge in [-0.2, -0.15) is 0 Å². The van der Waals surface area contributed by atoms with Crippen molar-refractivity contribution in [3.63, 3.8) is 0 Å². The molecule has 2 aromatic carbocycles. The Bertz CT molecular complexity index is 1100. The van der Waals surface area contributed by atoms with Crippen molar-refractivity contribution < 1.29 is 13.9 Å². The number of nitrogens with one attached hydrogen (secondary N) is 1. The maximum Gasteiger partial charge on any atom is 0.338 e. The van der Waals surface area contributed by atoms with E-state index in [1.165, 1.54) is 25.1 Å². The second kappa shape index (κ2) is 10.6. The molecule has 8 heteroatoms. The maximum atomic E-state index is 13.4. The van der Waals surface area contributed by atoms with Gasteiger partial charge in [0, 0.05) is 21.9 Å². The van der Waals surface area contributed by atoms with Crippen LogP contribution in [-0.2, 0) is 11.2 Å². The molecular formula is C23H24ClFN2O2S2. The van der Waals surface area contributed by atoms with E-state index < -0.39 is 5.82 Å². The molecule has 0 amide bonds. The smallest absolute Gasteiger partial charge is 0.338 e. The first-order valence-electron chi connectivity index (χ1n) is 9.81. The predicted octanol–water partition coefficient (Wildman–Crippen LogP) is 6.54. The van der Waals surface area contributed by atoms with E-state index in [1.807, 2.05) is 26.8 Å². The molecule has 4 nitrogen and oxygen atoms in total. The van der Waals surface area contributed by atoms with E-state index in [0.29, 0.717) is 5.56 Å². The lowest BCUT2D eigenvalue weighted by molar-refractivity contribution is 0.0599. The van der Waals surface area contributed by atoms with Crippen molar-refractivity contribution >= 4 is 40.9 Å². The number of aromatic nitrogens is 1. The minimum absolute atomic E-state index is 0.106. The van der Waals surface area contributed by atoms with E-state index in [0.717, 1.165) is 56.6 Å². The summed E-state index contributed by atoms with van der Waals surface area (Å²) in [4.78, 5) is 18.8. The van der Waals surface area contributed by atoms with E-state index in [1.54, 1.807) is 23.5 Å². The summed E-state index contributed by atoms with van der Waals surface area (Å²) in [7, 11) is 1.39. The first-order valence-corrected chi connectivity index (χ1v) is 11.8. The van der Waals surface area contributed by atoms with Gasteiger partial charge in [-0.05, 0) is 87.0 Å². The van der Waals surface area contributed by atoms with Gasteiger partial charge in [0.05, 0.1) is 23.4 Å². The van der Waals surface area contributed by atoms with Gasteiger partial charge in [0.1, 0.15) is 10.8 Å². The molecule has 0 saturated heterocycles. The van der Waals surface area contributed by atoms with Crippen molar-refractivity contribution in [1.82, 2.24) is 9.71 Å². The Kier molecular flexibility index (Phi) is 8.11. The Hall–Kier alpha value is -1.93. The number of hydrogen-bond acceptors (Lipinski definition) is 6. The summed E-state index contributed by atoms with van der Waals surface area (Å²) in [5.41, 5.74) is 4.47. The van der Waals surface area contributed by atoms with Crippen LogP contribution >= 0.6 is 34.9 Å². The number of thiazole rings is 1. The molecule has 0 aliphatic heterocycles. The molecule has 3 rings (SSSR count). The van der Waals surface area contributed by atoms with Crippen molar-refractivity contribution in [2.24, 2.45) is 0 Å². The van der Waals surface area contributed by atoms with Gasteiger partial charge in [0.2, 0.25) is 0 Å². The van der Waals surface area contributed by atoms with Gasteiger partial charge in [-0.1, -0.05) is 11.6 Å². The van der Waals surface area contributed by atoms with Gasteiger partial charge in [-0.3, -0.25) is 4.72 Å². The zero-order valence-electron chi connectivity index (χ0n) is 17.8. The fourth-order valence-electron chi connectivity index (χ4n) is 3.08.